The minimum atomic E-state index is -0.110. The second-order valence-electron chi connectivity index (χ2n) is 5.89. The zero-order valence-electron chi connectivity index (χ0n) is 12.2. The average molecular weight is 266 g/mol. The summed E-state index contributed by atoms with van der Waals surface area (Å²) in [6.07, 6.45) is 1.01. The third-order valence-electron chi connectivity index (χ3n) is 4.55. The second kappa shape index (κ2) is 5.04. The highest BCUT2D eigenvalue weighted by Gasteiger charge is 2.43. The lowest BCUT2D eigenvalue weighted by molar-refractivity contribution is 0.446. The molecule has 1 fully saturated rings. The van der Waals surface area contributed by atoms with Crippen LogP contribution >= 0.6 is 0 Å². The van der Waals surface area contributed by atoms with Gasteiger partial charge in [-0.15, -0.1) is 0 Å². The molecule has 1 aliphatic rings. The Morgan fingerprint density at radius 1 is 0.900 bits per heavy atom. The van der Waals surface area contributed by atoms with Crippen molar-refractivity contribution in [3.8, 4) is 0 Å². The van der Waals surface area contributed by atoms with E-state index < -0.39 is 0 Å². The molecule has 0 amide bonds. The third-order valence-corrected chi connectivity index (χ3v) is 4.55. The van der Waals surface area contributed by atoms with E-state index >= 15 is 0 Å². The predicted molar refractivity (Wildman–Crippen MR) is 83.7 cm³/mol. The summed E-state index contributed by atoms with van der Waals surface area (Å²) in [6.45, 7) is 5.20. The van der Waals surface area contributed by atoms with Crippen LogP contribution in [0.1, 0.15) is 28.7 Å². The van der Waals surface area contributed by atoms with Gasteiger partial charge in [-0.05, 0) is 37.9 Å². The van der Waals surface area contributed by atoms with Gasteiger partial charge in [-0.2, -0.15) is 0 Å². The molecule has 1 atom stereocenters. The van der Waals surface area contributed by atoms with Crippen molar-refractivity contribution in [3.63, 3.8) is 0 Å². The van der Waals surface area contributed by atoms with E-state index in [0.717, 1.165) is 13.0 Å². The number of nitrogens with two attached hydrogens (primary N) is 1. The van der Waals surface area contributed by atoms with Gasteiger partial charge in [0.25, 0.3) is 0 Å². The predicted octanol–water partition coefficient (Wildman–Crippen LogP) is 2.87. The molecule has 1 unspecified atom stereocenters. The summed E-state index contributed by atoms with van der Waals surface area (Å²) in [5, 5.41) is 3.41. The third kappa shape index (κ3) is 2.05. The first-order chi connectivity index (χ1) is 9.63. The molecule has 2 nitrogen and oxygen atoms in total. The van der Waals surface area contributed by atoms with E-state index in [2.05, 4.69) is 67.7 Å². The number of hydrogen-bond donors (Lipinski definition) is 2. The topological polar surface area (TPSA) is 38.0 Å². The van der Waals surface area contributed by atoms with Gasteiger partial charge in [-0.3, -0.25) is 0 Å². The monoisotopic (exact) mass is 266 g/mol. The van der Waals surface area contributed by atoms with Crippen LogP contribution < -0.4 is 11.1 Å². The minimum Gasteiger partial charge on any atom is -0.315 e. The van der Waals surface area contributed by atoms with Crippen LogP contribution in [0.3, 0.4) is 0 Å². The first-order valence-electron chi connectivity index (χ1n) is 7.26. The van der Waals surface area contributed by atoms with Gasteiger partial charge in [0.1, 0.15) is 0 Å². The van der Waals surface area contributed by atoms with Crippen LogP contribution in [0.15, 0.2) is 48.5 Å². The molecule has 0 aliphatic carbocycles. The Kier molecular flexibility index (Phi) is 3.36. The number of rotatable bonds is 2. The van der Waals surface area contributed by atoms with E-state index in [1.54, 1.807) is 0 Å². The Balaban J connectivity index is 2.14. The van der Waals surface area contributed by atoms with Crippen LogP contribution in [0.4, 0.5) is 0 Å². The van der Waals surface area contributed by atoms with Crippen molar-refractivity contribution >= 4 is 0 Å². The van der Waals surface area contributed by atoms with Crippen LogP contribution in [0.5, 0.6) is 0 Å². The first kappa shape index (κ1) is 13.3. The summed E-state index contributed by atoms with van der Waals surface area (Å²) in [7, 11) is 0. The smallest absolute Gasteiger partial charge is 0.0688 e. The molecular formula is C18H22N2. The van der Waals surface area contributed by atoms with Crippen LogP contribution in [0, 0.1) is 13.8 Å². The van der Waals surface area contributed by atoms with Gasteiger partial charge in [-0.25, -0.2) is 0 Å². The quantitative estimate of drug-likeness (QED) is 0.877. The maximum Gasteiger partial charge on any atom is 0.0688 e. The maximum atomic E-state index is 6.44. The molecule has 104 valence electrons. The zero-order chi connectivity index (χ0) is 14.2. The Morgan fingerprint density at radius 3 is 1.70 bits per heavy atom. The van der Waals surface area contributed by atoms with Crippen LogP contribution in [-0.2, 0) is 5.41 Å². The number of hydrogen-bond acceptors (Lipinski definition) is 2. The first-order valence-corrected chi connectivity index (χ1v) is 7.26. The Hall–Kier alpha value is -1.64. The molecule has 0 saturated carbocycles. The molecule has 0 radical (unpaired) electrons. The Labute approximate surface area is 121 Å². The van der Waals surface area contributed by atoms with E-state index in [0.29, 0.717) is 0 Å². The van der Waals surface area contributed by atoms with E-state index in [1.165, 1.54) is 22.3 Å². The molecule has 3 rings (SSSR count). The van der Waals surface area contributed by atoms with Crippen LogP contribution in [-0.4, -0.2) is 12.7 Å². The summed E-state index contributed by atoms with van der Waals surface area (Å²) in [5.41, 5.74) is 11.5. The molecule has 3 N–H and O–H groups in total. The molecule has 0 bridgehead atoms. The largest absolute Gasteiger partial charge is 0.315 e. The molecule has 1 saturated heterocycles. The molecule has 0 aromatic heterocycles. The number of nitrogens with one attached hydrogen (secondary N) is 1. The second-order valence-corrected chi connectivity index (χ2v) is 5.89. The number of benzene rings is 2. The fourth-order valence-corrected chi connectivity index (χ4v) is 3.27. The van der Waals surface area contributed by atoms with E-state index in [9.17, 15) is 0 Å². The van der Waals surface area contributed by atoms with E-state index in [1.807, 2.05) is 0 Å². The molecule has 2 aromatic carbocycles. The standard InChI is InChI=1S/C18H22N2/c1-13-3-7-15(8-4-13)18(11-12-20-17(18)19)16-9-5-14(2)6-10-16/h3-10,17,20H,11-12,19H2,1-2H3. The Bertz CT molecular complexity index is 538. The van der Waals surface area contributed by atoms with E-state index in [4.69, 9.17) is 5.73 Å². The van der Waals surface area contributed by atoms with Gasteiger partial charge < -0.3 is 11.1 Å². The lowest BCUT2D eigenvalue weighted by Gasteiger charge is -2.34. The van der Waals surface area contributed by atoms with Gasteiger partial charge in [0, 0.05) is 5.41 Å². The summed E-state index contributed by atoms with van der Waals surface area (Å²) in [4.78, 5) is 0. The fourth-order valence-electron chi connectivity index (χ4n) is 3.27. The van der Waals surface area contributed by atoms with Gasteiger partial charge in [0.05, 0.1) is 6.17 Å². The van der Waals surface area contributed by atoms with Crippen molar-refractivity contribution in [2.75, 3.05) is 6.54 Å². The molecule has 1 aliphatic heterocycles. The highest BCUT2D eigenvalue weighted by molar-refractivity contribution is 5.44. The Morgan fingerprint density at radius 2 is 1.35 bits per heavy atom. The fraction of sp³-hybridized carbons (Fsp3) is 0.333. The zero-order valence-corrected chi connectivity index (χ0v) is 12.2. The molecule has 1 heterocycles. The lowest BCUT2D eigenvalue weighted by Crippen LogP contribution is -2.47. The van der Waals surface area contributed by atoms with Gasteiger partial charge in [-0.1, -0.05) is 59.7 Å². The maximum absolute atomic E-state index is 6.44. The van der Waals surface area contributed by atoms with Crippen molar-refractivity contribution in [1.82, 2.24) is 5.32 Å². The van der Waals surface area contributed by atoms with Crippen LogP contribution in [0.25, 0.3) is 0 Å². The summed E-state index contributed by atoms with van der Waals surface area (Å²) in [6, 6.07) is 17.6. The lowest BCUT2D eigenvalue weighted by atomic mass is 9.71. The SMILES string of the molecule is Cc1ccc(C2(c3ccc(C)cc3)CCNC2N)cc1. The van der Waals surface area contributed by atoms with Crippen LogP contribution in [0.2, 0.25) is 0 Å². The minimum absolute atomic E-state index is 0.0343. The molecule has 2 heteroatoms. The average Bonchev–Trinajstić information content (AvgIpc) is 2.83. The molecule has 20 heavy (non-hydrogen) atoms. The normalized spacial score (nSPS) is 21.1. The highest BCUT2D eigenvalue weighted by Crippen LogP contribution is 2.40. The summed E-state index contributed by atoms with van der Waals surface area (Å²) < 4.78 is 0. The van der Waals surface area contributed by atoms with Gasteiger partial charge in [0.2, 0.25) is 0 Å². The highest BCUT2D eigenvalue weighted by atomic mass is 15.1. The van der Waals surface area contributed by atoms with Crippen molar-refractivity contribution in [2.45, 2.75) is 31.8 Å². The molecule has 2 aromatic rings. The van der Waals surface area contributed by atoms with Gasteiger partial charge in [0.15, 0.2) is 0 Å². The van der Waals surface area contributed by atoms with Crippen molar-refractivity contribution < 1.29 is 0 Å². The van der Waals surface area contributed by atoms with Gasteiger partial charge >= 0.3 is 0 Å². The molecular weight excluding hydrogens is 244 g/mol. The summed E-state index contributed by atoms with van der Waals surface area (Å²) in [5.74, 6) is 0. The van der Waals surface area contributed by atoms with Crippen molar-refractivity contribution in [2.24, 2.45) is 5.73 Å². The molecule has 0 spiro atoms. The summed E-state index contributed by atoms with van der Waals surface area (Å²) >= 11 is 0. The van der Waals surface area contributed by atoms with Crippen molar-refractivity contribution in [3.05, 3.63) is 70.8 Å². The number of aryl methyl sites for hydroxylation is 2. The van der Waals surface area contributed by atoms with E-state index in [-0.39, 0.29) is 11.6 Å². The van der Waals surface area contributed by atoms with Crippen molar-refractivity contribution in [1.29, 1.82) is 0 Å².